The first-order valence-corrected chi connectivity index (χ1v) is 6.55. The van der Waals surface area contributed by atoms with Crippen LogP contribution in [0.2, 0.25) is 5.15 Å². The van der Waals surface area contributed by atoms with E-state index in [4.69, 9.17) is 17.3 Å². The number of aryl methyl sites for hydroxylation is 1. The van der Waals surface area contributed by atoms with Gasteiger partial charge in [0.05, 0.1) is 5.69 Å². The summed E-state index contributed by atoms with van der Waals surface area (Å²) in [4.78, 5) is 16.7. The molecular formula is C12H12ClN3OS. The highest BCUT2D eigenvalue weighted by molar-refractivity contribution is 7.10. The number of hydrogen-bond acceptors (Lipinski definition) is 4. The number of anilines is 1. The van der Waals surface area contributed by atoms with E-state index in [9.17, 15) is 4.79 Å². The minimum absolute atomic E-state index is 0.257. The van der Waals surface area contributed by atoms with E-state index >= 15 is 0 Å². The molecule has 3 N–H and O–H groups in total. The van der Waals surface area contributed by atoms with Crippen molar-refractivity contribution in [2.24, 2.45) is 5.73 Å². The zero-order valence-corrected chi connectivity index (χ0v) is 11.3. The summed E-state index contributed by atoms with van der Waals surface area (Å²) in [5.41, 5.74) is 7.25. The lowest BCUT2D eigenvalue weighted by atomic mass is 10.2. The lowest BCUT2D eigenvalue weighted by molar-refractivity contribution is -0.117. The summed E-state index contributed by atoms with van der Waals surface area (Å²) in [5, 5.41) is 4.82. The molecule has 2 aromatic rings. The Morgan fingerprint density at radius 2 is 2.39 bits per heavy atom. The summed E-state index contributed by atoms with van der Waals surface area (Å²) in [6.07, 6.45) is 1.64. The van der Waals surface area contributed by atoms with E-state index in [-0.39, 0.29) is 11.1 Å². The Hall–Kier alpha value is -1.43. The Labute approximate surface area is 114 Å². The van der Waals surface area contributed by atoms with Crippen LogP contribution in [-0.4, -0.2) is 10.9 Å². The predicted molar refractivity (Wildman–Crippen MR) is 73.9 cm³/mol. The molecule has 0 radical (unpaired) electrons. The molecule has 18 heavy (non-hydrogen) atoms. The van der Waals surface area contributed by atoms with E-state index in [1.807, 2.05) is 24.4 Å². The van der Waals surface area contributed by atoms with Crippen LogP contribution in [-0.2, 0) is 4.79 Å². The number of rotatable bonds is 3. The van der Waals surface area contributed by atoms with E-state index in [1.54, 1.807) is 12.3 Å². The number of aromatic nitrogens is 1. The molecule has 1 atom stereocenters. The molecule has 0 bridgehead atoms. The molecule has 4 nitrogen and oxygen atoms in total. The molecule has 94 valence electrons. The number of nitrogens with zero attached hydrogens (tertiary/aromatic N) is 1. The summed E-state index contributed by atoms with van der Waals surface area (Å²) in [6, 6.07) is 4.75. The van der Waals surface area contributed by atoms with E-state index in [0.717, 1.165) is 10.4 Å². The van der Waals surface area contributed by atoms with Gasteiger partial charge < -0.3 is 11.1 Å². The van der Waals surface area contributed by atoms with E-state index in [2.05, 4.69) is 10.3 Å². The van der Waals surface area contributed by atoms with E-state index in [0.29, 0.717) is 5.69 Å². The van der Waals surface area contributed by atoms with Crippen LogP contribution in [0.3, 0.4) is 0 Å². The number of nitrogens with one attached hydrogen (secondary N) is 1. The van der Waals surface area contributed by atoms with Crippen LogP contribution in [0.25, 0.3) is 0 Å². The van der Waals surface area contributed by atoms with Crippen molar-refractivity contribution in [3.05, 3.63) is 45.4 Å². The van der Waals surface area contributed by atoms with Crippen LogP contribution in [0.4, 0.5) is 5.69 Å². The van der Waals surface area contributed by atoms with Crippen molar-refractivity contribution in [2.75, 3.05) is 5.32 Å². The number of nitrogens with two attached hydrogens (primary N) is 1. The van der Waals surface area contributed by atoms with Gasteiger partial charge in [-0.05, 0) is 30.0 Å². The first-order chi connectivity index (χ1) is 8.58. The van der Waals surface area contributed by atoms with Crippen LogP contribution >= 0.6 is 22.9 Å². The van der Waals surface area contributed by atoms with Gasteiger partial charge in [-0.1, -0.05) is 17.7 Å². The Morgan fingerprint density at radius 3 is 3.06 bits per heavy atom. The fourth-order valence-corrected chi connectivity index (χ4v) is 2.32. The molecule has 0 aliphatic carbocycles. The van der Waals surface area contributed by atoms with Gasteiger partial charge in [0, 0.05) is 11.1 Å². The smallest absolute Gasteiger partial charge is 0.246 e. The Morgan fingerprint density at radius 1 is 1.61 bits per heavy atom. The number of hydrogen-bond donors (Lipinski definition) is 2. The number of amides is 1. The SMILES string of the molecule is Cc1cnc(Cl)c(NC(=O)C(N)c2cccs2)c1. The molecule has 1 amide bonds. The predicted octanol–water partition coefficient (Wildman–Crippen LogP) is 2.74. The Kier molecular flexibility index (Phi) is 3.96. The summed E-state index contributed by atoms with van der Waals surface area (Å²) < 4.78 is 0. The maximum atomic E-state index is 12.0. The number of carbonyl (C=O) groups excluding carboxylic acids is 1. The average molecular weight is 282 g/mol. The molecule has 0 fully saturated rings. The fraction of sp³-hybridized carbons (Fsp3) is 0.167. The quantitative estimate of drug-likeness (QED) is 0.850. The average Bonchev–Trinajstić information content (AvgIpc) is 2.86. The van der Waals surface area contributed by atoms with Gasteiger partial charge in [-0.15, -0.1) is 11.3 Å². The number of pyridine rings is 1. The van der Waals surface area contributed by atoms with E-state index < -0.39 is 6.04 Å². The normalized spacial score (nSPS) is 12.2. The van der Waals surface area contributed by atoms with Gasteiger partial charge in [-0.25, -0.2) is 4.98 Å². The van der Waals surface area contributed by atoms with E-state index in [1.165, 1.54) is 11.3 Å². The van der Waals surface area contributed by atoms with Gasteiger partial charge in [0.1, 0.15) is 6.04 Å². The molecule has 0 aliphatic rings. The molecule has 0 saturated heterocycles. The topological polar surface area (TPSA) is 68.0 Å². The molecule has 2 aromatic heterocycles. The molecule has 0 aliphatic heterocycles. The van der Waals surface area contributed by atoms with Crippen LogP contribution < -0.4 is 11.1 Å². The van der Waals surface area contributed by atoms with Crippen molar-refractivity contribution in [1.29, 1.82) is 0 Å². The van der Waals surface area contributed by atoms with Crippen LogP contribution in [0.15, 0.2) is 29.8 Å². The molecule has 0 aromatic carbocycles. The van der Waals surface area contributed by atoms with Gasteiger partial charge in [-0.2, -0.15) is 0 Å². The van der Waals surface area contributed by atoms with Crippen molar-refractivity contribution in [3.63, 3.8) is 0 Å². The highest BCUT2D eigenvalue weighted by Gasteiger charge is 2.18. The van der Waals surface area contributed by atoms with Crippen molar-refractivity contribution in [3.8, 4) is 0 Å². The van der Waals surface area contributed by atoms with Gasteiger partial charge >= 0.3 is 0 Å². The van der Waals surface area contributed by atoms with Gasteiger partial charge in [-0.3, -0.25) is 4.79 Å². The Balaban J connectivity index is 2.14. The van der Waals surface area contributed by atoms with Crippen molar-refractivity contribution < 1.29 is 4.79 Å². The van der Waals surface area contributed by atoms with Crippen LogP contribution in [0, 0.1) is 6.92 Å². The molecule has 2 heterocycles. The number of halogens is 1. The molecule has 0 saturated carbocycles. The summed E-state index contributed by atoms with van der Waals surface area (Å²) >= 11 is 7.35. The van der Waals surface area contributed by atoms with Gasteiger partial charge in [0.15, 0.2) is 5.15 Å². The monoisotopic (exact) mass is 281 g/mol. The summed E-state index contributed by atoms with van der Waals surface area (Å²) in [5.74, 6) is -0.299. The second-order valence-corrected chi connectivity index (χ2v) is 5.17. The van der Waals surface area contributed by atoms with Crippen molar-refractivity contribution in [2.45, 2.75) is 13.0 Å². The summed E-state index contributed by atoms with van der Waals surface area (Å²) in [6.45, 7) is 1.87. The van der Waals surface area contributed by atoms with Gasteiger partial charge in [0.25, 0.3) is 0 Å². The second kappa shape index (κ2) is 5.48. The lowest BCUT2D eigenvalue weighted by Crippen LogP contribution is -2.27. The standard InChI is InChI=1S/C12H12ClN3OS/c1-7-5-8(11(13)15-6-7)16-12(17)10(14)9-3-2-4-18-9/h2-6,10H,14H2,1H3,(H,16,17). The summed E-state index contributed by atoms with van der Waals surface area (Å²) in [7, 11) is 0. The second-order valence-electron chi connectivity index (χ2n) is 3.83. The van der Waals surface area contributed by atoms with Crippen LogP contribution in [0.5, 0.6) is 0 Å². The third-order valence-electron chi connectivity index (χ3n) is 2.37. The first-order valence-electron chi connectivity index (χ1n) is 5.30. The number of carbonyl (C=O) groups is 1. The molecule has 2 rings (SSSR count). The largest absolute Gasteiger partial charge is 0.322 e. The van der Waals surface area contributed by atoms with Gasteiger partial charge in [0.2, 0.25) is 5.91 Å². The lowest BCUT2D eigenvalue weighted by Gasteiger charge is -2.11. The molecule has 1 unspecified atom stereocenters. The highest BCUT2D eigenvalue weighted by Crippen LogP contribution is 2.23. The number of thiophene rings is 1. The molecule has 6 heteroatoms. The highest BCUT2D eigenvalue weighted by atomic mass is 35.5. The fourth-order valence-electron chi connectivity index (χ4n) is 1.45. The molecule has 0 spiro atoms. The van der Waals surface area contributed by atoms with Crippen molar-refractivity contribution in [1.82, 2.24) is 4.98 Å². The minimum atomic E-state index is -0.693. The zero-order valence-electron chi connectivity index (χ0n) is 9.68. The van der Waals surface area contributed by atoms with Crippen molar-refractivity contribution >= 4 is 34.5 Å². The third kappa shape index (κ3) is 2.87. The zero-order chi connectivity index (χ0) is 13.1. The third-order valence-corrected chi connectivity index (χ3v) is 3.62. The minimum Gasteiger partial charge on any atom is -0.322 e. The maximum Gasteiger partial charge on any atom is 0.246 e. The molecular weight excluding hydrogens is 270 g/mol. The van der Waals surface area contributed by atoms with Crippen LogP contribution in [0.1, 0.15) is 16.5 Å². The first kappa shape index (κ1) is 13.0. The Bertz CT molecular complexity index is 556. The maximum absolute atomic E-state index is 12.0.